The molecule has 0 atom stereocenters. The number of rotatable bonds is 5. The Balaban J connectivity index is 1.35. The first-order valence-corrected chi connectivity index (χ1v) is 15.9. The molecular formula is C45H33NO. The number of para-hydroxylation sites is 2. The van der Waals surface area contributed by atoms with Crippen LogP contribution in [0.15, 0.2) is 168 Å². The van der Waals surface area contributed by atoms with Gasteiger partial charge in [-0.3, -0.25) is 0 Å². The second kappa shape index (κ2) is 10.6. The van der Waals surface area contributed by atoms with Crippen molar-refractivity contribution in [3.05, 3.63) is 175 Å². The Hall–Kier alpha value is -5.86. The maximum Gasteiger partial charge on any atom is 0.136 e. The SMILES string of the molecule is [2H]c1c([2H])c([2H])c(N(c2ccc(-c3ccccc3)cc2)c2ccc3c(c2)C(C)(C)c2ccccc2-3)c(-c2cccc3oc4ccccc4c23)c1[2H]. The van der Waals surface area contributed by atoms with Gasteiger partial charge in [-0.15, -0.1) is 0 Å². The average Bonchev–Trinajstić information content (AvgIpc) is 3.66. The zero-order valence-corrected chi connectivity index (χ0v) is 26.1. The molecule has 0 radical (unpaired) electrons. The highest BCUT2D eigenvalue weighted by Gasteiger charge is 2.36. The average molecular weight is 608 g/mol. The lowest BCUT2D eigenvalue weighted by Gasteiger charge is -2.30. The third-order valence-corrected chi connectivity index (χ3v) is 9.62. The van der Waals surface area contributed by atoms with Gasteiger partial charge >= 0.3 is 0 Å². The highest BCUT2D eigenvalue weighted by atomic mass is 16.3. The van der Waals surface area contributed by atoms with Gasteiger partial charge in [0.25, 0.3) is 0 Å². The number of anilines is 3. The fourth-order valence-corrected chi connectivity index (χ4v) is 7.32. The molecule has 0 saturated heterocycles. The third-order valence-electron chi connectivity index (χ3n) is 9.62. The van der Waals surface area contributed by atoms with Crippen LogP contribution in [0.2, 0.25) is 0 Å². The van der Waals surface area contributed by atoms with Crippen LogP contribution in [-0.4, -0.2) is 0 Å². The van der Waals surface area contributed by atoms with E-state index in [1.54, 1.807) is 0 Å². The Morgan fingerprint density at radius 3 is 2.06 bits per heavy atom. The van der Waals surface area contributed by atoms with Gasteiger partial charge in [-0.1, -0.05) is 135 Å². The van der Waals surface area contributed by atoms with E-state index in [4.69, 9.17) is 7.16 Å². The Labute approximate surface area is 280 Å². The quantitative estimate of drug-likeness (QED) is 0.193. The van der Waals surface area contributed by atoms with Crippen molar-refractivity contribution in [1.82, 2.24) is 0 Å². The van der Waals surface area contributed by atoms with E-state index in [-0.39, 0.29) is 29.6 Å². The summed E-state index contributed by atoms with van der Waals surface area (Å²) in [4.78, 5) is 2.00. The molecule has 1 aromatic heterocycles. The molecule has 0 fully saturated rings. The lowest BCUT2D eigenvalue weighted by atomic mass is 9.82. The lowest BCUT2D eigenvalue weighted by molar-refractivity contribution is 0.660. The predicted octanol–water partition coefficient (Wildman–Crippen LogP) is 12.7. The normalized spacial score (nSPS) is 14.3. The molecule has 2 heteroatoms. The highest BCUT2D eigenvalue weighted by Crippen LogP contribution is 2.51. The number of benzene rings is 7. The molecule has 7 aromatic carbocycles. The van der Waals surface area contributed by atoms with E-state index in [9.17, 15) is 2.74 Å². The Morgan fingerprint density at radius 1 is 0.532 bits per heavy atom. The van der Waals surface area contributed by atoms with Gasteiger partial charge in [0, 0.05) is 33.1 Å². The Morgan fingerprint density at radius 2 is 1.19 bits per heavy atom. The standard InChI is InChI=1S/C45H33NO/c1-45(2)39-19-9-6-15-34(39)35-28-27-33(29-40(35)45)46(32-25-23-31(24-26-32)30-13-4-3-5-14-30)41-20-10-7-16-36(41)37-18-12-22-43-44(37)38-17-8-11-21-42(38)47-43/h3-29H,1-2H3/i7D,10D,16D,20D. The minimum atomic E-state index is -0.289. The topological polar surface area (TPSA) is 16.4 Å². The second-order valence-electron chi connectivity index (χ2n) is 12.6. The summed E-state index contributed by atoms with van der Waals surface area (Å²) in [5, 5.41) is 1.70. The van der Waals surface area contributed by atoms with Gasteiger partial charge in [0.05, 0.1) is 11.2 Å². The van der Waals surface area contributed by atoms with Crippen LogP contribution in [0.25, 0.3) is 55.3 Å². The number of fused-ring (bicyclic) bond motifs is 6. The fourth-order valence-electron chi connectivity index (χ4n) is 7.32. The molecule has 0 unspecified atom stereocenters. The molecule has 8 aromatic rings. The lowest BCUT2D eigenvalue weighted by Crippen LogP contribution is -2.16. The number of furan rings is 1. The zero-order chi connectivity index (χ0) is 35.0. The van der Waals surface area contributed by atoms with Crippen molar-refractivity contribution >= 4 is 39.0 Å². The molecule has 224 valence electrons. The van der Waals surface area contributed by atoms with E-state index < -0.39 is 0 Å². The van der Waals surface area contributed by atoms with Crippen molar-refractivity contribution in [1.29, 1.82) is 0 Å². The summed E-state index contributed by atoms with van der Waals surface area (Å²) in [7, 11) is 0. The maximum absolute atomic E-state index is 9.54. The molecule has 1 aliphatic carbocycles. The molecular weight excluding hydrogens is 571 g/mol. The van der Waals surface area contributed by atoms with Crippen LogP contribution in [-0.2, 0) is 5.41 Å². The maximum atomic E-state index is 9.54. The molecule has 9 rings (SSSR count). The van der Waals surface area contributed by atoms with Crippen LogP contribution < -0.4 is 4.90 Å². The van der Waals surface area contributed by atoms with Gasteiger partial charge in [0.15, 0.2) is 0 Å². The summed E-state index contributed by atoms with van der Waals surface area (Å²) in [6.45, 7) is 4.48. The van der Waals surface area contributed by atoms with Crippen LogP contribution in [0.1, 0.15) is 30.5 Å². The first kappa shape index (κ1) is 23.5. The first-order chi connectivity index (χ1) is 24.7. The summed E-state index contributed by atoms with van der Waals surface area (Å²) < 4.78 is 43.1. The van der Waals surface area contributed by atoms with E-state index in [1.807, 2.05) is 77.7 Å². The molecule has 1 heterocycles. The molecule has 0 amide bonds. The van der Waals surface area contributed by atoms with Gasteiger partial charge in [0.2, 0.25) is 0 Å². The molecule has 0 spiro atoms. The van der Waals surface area contributed by atoms with Crippen molar-refractivity contribution in [3.8, 4) is 33.4 Å². The minimum absolute atomic E-state index is 0.108. The van der Waals surface area contributed by atoms with Gasteiger partial charge in [0.1, 0.15) is 11.2 Å². The van der Waals surface area contributed by atoms with E-state index in [0.717, 1.165) is 44.4 Å². The van der Waals surface area contributed by atoms with Crippen molar-refractivity contribution in [2.75, 3.05) is 4.90 Å². The fraction of sp³-hybridized carbons (Fsp3) is 0.0667. The van der Waals surface area contributed by atoms with Gasteiger partial charge in [-0.2, -0.15) is 0 Å². The zero-order valence-electron chi connectivity index (χ0n) is 30.1. The van der Waals surface area contributed by atoms with Gasteiger partial charge in [-0.25, -0.2) is 0 Å². The molecule has 0 N–H and O–H groups in total. The van der Waals surface area contributed by atoms with Crippen LogP contribution in [0.4, 0.5) is 17.1 Å². The van der Waals surface area contributed by atoms with Crippen LogP contribution in [0.3, 0.4) is 0 Å². The predicted molar refractivity (Wildman–Crippen MR) is 197 cm³/mol. The largest absolute Gasteiger partial charge is 0.456 e. The minimum Gasteiger partial charge on any atom is -0.456 e. The van der Waals surface area contributed by atoms with Crippen LogP contribution in [0.5, 0.6) is 0 Å². The summed E-state index contributed by atoms with van der Waals surface area (Å²) in [5.41, 5.74) is 11.1. The molecule has 0 bridgehead atoms. The Kier molecular flexibility index (Phi) is 5.30. The Bertz CT molecular complexity index is 2660. The van der Waals surface area contributed by atoms with Gasteiger partial charge in [-0.05, 0) is 81.4 Å². The number of hydrogen-bond acceptors (Lipinski definition) is 2. The smallest absolute Gasteiger partial charge is 0.136 e. The van der Waals surface area contributed by atoms with Crippen molar-refractivity contribution in [2.45, 2.75) is 19.3 Å². The summed E-state index contributed by atoms with van der Waals surface area (Å²) in [6.07, 6.45) is 0. The van der Waals surface area contributed by atoms with Crippen LogP contribution in [0, 0.1) is 0 Å². The number of hydrogen-bond donors (Lipinski definition) is 0. The van der Waals surface area contributed by atoms with Gasteiger partial charge < -0.3 is 9.32 Å². The summed E-state index contributed by atoms with van der Waals surface area (Å²) in [6, 6.07) is 46.1. The molecule has 1 aliphatic rings. The molecule has 0 aliphatic heterocycles. The second-order valence-corrected chi connectivity index (χ2v) is 12.6. The summed E-state index contributed by atoms with van der Waals surface area (Å²) >= 11 is 0. The molecule has 0 saturated carbocycles. The van der Waals surface area contributed by atoms with Crippen LogP contribution >= 0.6 is 0 Å². The molecule has 2 nitrogen and oxygen atoms in total. The van der Waals surface area contributed by atoms with E-state index in [2.05, 4.69) is 80.6 Å². The monoisotopic (exact) mass is 607 g/mol. The van der Waals surface area contributed by atoms with E-state index in [1.165, 1.54) is 16.7 Å². The van der Waals surface area contributed by atoms with Crippen molar-refractivity contribution in [3.63, 3.8) is 0 Å². The van der Waals surface area contributed by atoms with E-state index >= 15 is 0 Å². The van der Waals surface area contributed by atoms with Crippen molar-refractivity contribution in [2.24, 2.45) is 0 Å². The third kappa shape index (κ3) is 4.33. The first-order valence-electron chi connectivity index (χ1n) is 17.9. The van der Waals surface area contributed by atoms with E-state index in [0.29, 0.717) is 22.4 Å². The summed E-state index contributed by atoms with van der Waals surface area (Å²) in [5.74, 6) is 0. The number of nitrogens with zero attached hydrogens (tertiary/aromatic N) is 1. The van der Waals surface area contributed by atoms with Crippen molar-refractivity contribution < 1.29 is 9.90 Å². The highest BCUT2D eigenvalue weighted by molar-refractivity contribution is 6.13. The molecule has 47 heavy (non-hydrogen) atoms.